The lowest BCUT2D eigenvalue weighted by Gasteiger charge is -2.15. The van der Waals surface area contributed by atoms with E-state index in [9.17, 15) is 0 Å². The quantitative estimate of drug-likeness (QED) is 0.580. The second-order valence-corrected chi connectivity index (χ2v) is 4.31. The molecule has 2 rings (SSSR count). The molecule has 0 aliphatic rings. The number of anilines is 1. The molecular weight excluding hydrogens is 196 g/mol. The molecular formula is C14H16N2. The molecule has 0 heterocycles. The van der Waals surface area contributed by atoms with Crippen LogP contribution in [0.3, 0.4) is 0 Å². The van der Waals surface area contributed by atoms with Crippen molar-refractivity contribution in [1.82, 2.24) is 0 Å². The molecule has 2 nitrogen and oxygen atoms in total. The zero-order valence-electron chi connectivity index (χ0n) is 9.62. The maximum Gasteiger partial charge on any atom is 0.0412 e. The van der Waals surface area contributed by atoms with Crippen LogP contribution in [-0.4, -0.2) is 6.21 Å². The molecule has 0 bridgehead atoms. The normalized spacial score (nSPS) is 10.9. The Kier molecular flexibility index (Phi) is 2.65. The van der Waals surface area contributed by atoms with Gasteiger partial charge in [0.05, 0.1) is 0 Å². The number of benzene rings is 2. The van der Waals surface area contributed by atoms with E-state index in [2.05, 4.69) is 26.0 Å². The Balaban J connectivity index is 2.92. The van der Waals surface area contributed by atoms with Crippen LogP contribution in [0.25, 0.3) is 10.8 Å². The lowest BCUT2D eigenvalue weighted by atomic mass is 9.90. The molecule has 3 N–H and O–H groups in total. The van der Waals surface area contributed by atoms with Gasteiger partial charge in [0.25, 0.3) is 0 Å². The molecule has 0 saturated carbocycles. The maximum absolute atomic E-state index is 7.49. The van der Waals surface area contributed by atoms with Gasteiger partial charge in [-0.1, -0.05) is 38.1 Å². The number of nitrogen functional groups attached to an aromatic ring is 1. The minimum atomic E-state index is 0.366. The van der Waals surface area contributed by atoms with Crippen LogP contribution >= 0.6 is 0 Å². The third-order valence-electron chi connectivity index (χ3n) is 2.88. The van der Waals surface area contributed by atoms with Gasteiger partial charge in [-0.15, -0.1) is 0 Å². The molecule has 2 heteroatoms. The van der Waals surface area contributed by atoms with Crippen LogP contribution in [0.4, 0.5) is 5.69 Å². The maximum atomic E-state index is 7.49. The van der Waals surface area contributed by atoms with Gasteiger partial charge in [0, 0.05) is 17.5 Å². The second-order valence-electron chi connectivity index (χ2n) is 4.31. The van der Waals surface area contributed by atoms with Crippen LogP contribution in [0.15, 0.2) is 30.3 Å². The van der Waals surface area contributed by atoms with Crippen LogP contribution in [0.1, 0.15) is 30.9 Å². The summed E-state index contributed by atoms with van der Waals surface area (Å²) in [6, 6.07) is 10.1. The first-order chi connectivity index (χ1) is 7.65. The minimum Gasteiger partial charge on any atom is -0.398 e. The summed E-state index contributed by atoms with van der Waals surface area (Å²) in [5.41, 5.74) is 8.70. The van der Waals surface area contributed by atoms with E-state index in [4.69, 9.17) is 11.1 Å². The lowest BCUT2D eigenvalue weighted by molar-refractivity contribution is 0.875. The zero-order valence-corrected chi connectivity index (χ0v) is 9.62. The van der Waals surface area contributed by atoms with E-state index in [0.717, 1.165) is 10.9 Å². The van der Waals surface area contributed by atoms with E-state index in [1.165, 1.54) is 17.2 Å². The van der Waals surface area contributed by atoms with Crippen molar-refractivity contribution >= 4 is 22.7 Å². The first-order valence-corrected chi connectivity index (χ1v) is 5.46. The highest BCUT2D eigenvalue weighted by Gasteiger charge is 2.12. The van der Waals surface area contributed by atoms with E-state index in [0.29, 0.717) is 11.6 Å². The van der Waals surface area contributed by atoms with Gasteiger partial charge < -0.3 is 11.1 Å². The Bertz CT molecular complexity index is 542. The largest absolute Gasteiger partial charge is 0.398 e. The van der Waals surface area contributed by atoms with E-state index < -0.39 is 0 Å². The average molecular weight is 212 g/mol. The standard InChI is InChI=1S/C14H16N2/c1-9(2)14-11-6-4-3-5-10(11)7-13(16)12(14)8-15/h3-9,15H,16H2,1-2H3. The molecule has 0 aliphatic heterocycles. The Morgan fingerprint density at radius 1 is 1.25 bits per heavy atom. The Labute approximate surface area is 95.6 Å². The molecule has 0 fully saturated rings. The number of rotatable bonds is 2. The Hall–Kier alpha value is -1.83. The van der Waals surface area contributed by atoms with Crippen molar-refractivity contribution in [3.05, 3.63) is 41.5 Å². The van der Waals surface area contributed by atoms with Crippen molar-refractivity contribution in [2.24, 2.45) is 0 Å². The van der Waals surface area contributed by atoms with Gasteiger partial charge in [-0.25, -0.2) is 0 Å². The van der Waals surface area contributed by atoms with Gasteiger partial charge in [-0.2, -0.15) is 0 Å². The molecule has 16 heavy (non-hydrogen) atoms. The van der Waals surface area contributed by atoms with Crippen molar-refractivity contribution in [1.29, 1.82) is 5.41 Å². The molecule has 0 amide bonds. The predicted octanol–water partition coefficient (Wildman–Crippen LogP) is 3.54. The number of nitrogens with one attached hydrogen (secondary N) is 1. The molecule has 0 saturated heterocycles. The van der Waals surface area contributed by atoms with Crippen LogP contribution in [0.5, 0.6) is 0 Å². The number of fused-ring (bicyclic) bond motifs is 1. The van der Waals surface area contributed by atoms with E-state index >= 15 is 0 Å². The number of hydrogen-bond donors (Lipinski definition) is 2. The molecule has 0 aromatic heterocycles. The van der Waals surface area contributed by atoms with Crippen molar-refractivity contribution in [2.75, 3.05) is 5.73 Å². The first-order valence-electron chi connectivity index (χ1n) is 5.46. The summed E-state index contributed by atoms with van der Waals surface area (Å²) in [5, 5.41) is 9.84. The second kappa shape index (κ2) is 3.97. The summed E-state index contributed by atoms with van der Waals surface area (Å²) >= 11 is 0. The van der Waals surface area contributed by atoms with Gasteiger partial charge in [0.15, 0.2) is 0 Å². The van der Waals surface area contributed by atoms with Crippen LogP contribution in [0.2, 0.25) is 0 Å². The summed E-state index contributed by atoms with van der Waals surface area (Å²) in [6.45, 7) is 4.27. The summed E-state index contributed by atoms with van der Waals surface area (Å²) < 4.78 is 0. The summed E-state index contributed by atoms with van der Waals surface area (Å²) in [4.78, 5) is 0. The monoisotopic (exact) mass is 212 g/mol. The molecule has 0 aliphatic carbocycles. The average Bonchev–Trinajstić information content (AvgIpc) is 2.26. The minimum absolute atomic E-state index is 0.366. The van der Waals surface area contributed by atoms with Crippen LogP contribution in [-0.2, 0) is 0 Å². The summed E-state index contributed by atoms with van der Waals surface area (Å²) in [7, 11) is 0. The van der Waals surface area contributed by atoms with Crippen LogP contribution < -0.4 is 5.73 Å². The highest BCUT2D eigenvalue weighted by molar-refractivity contribution is 5.99. The molecule has 0 radical (unpaired) electrons. The van der Waals surface area contributed by atoms with Gasteiger partial charge >= 0.3 is 0 Å². The van der Waals surface area contributed by atoms with Gasteiger partial charge in [-0.05, 0) is 28.3 Å². The highest BCUT2D eigenvalue weighted by atomic mass is 14.6. The van der Waals surface area contributed by atoms with Gasteiger partial charge in [0.2, 0.25) is 0 Å². The summed E-state index contributed by atoms with van der Waals surface area (Å²) in [5.74, 6) is 0.366. The Morgan fingerprint density at radius 2 is 1.94 bits per heavy atom. The lowest BCUT2D eigenvalue weighted by Crippen LogP contribution is -2.02. The van der Waals surface area contributed by atoms with Crippen molar-refractivity contribution in [3.63, 3.8) is 0 Å². The fourth-order valence-electron chi connectivity index (χ4n) is 2.20. The van der Waals surface area contributed by atoms with Gasteiger partial charge in [0.1, 0.15) is 0 Å². The number of hydrogen-bond acceptors (Lipinski definition) is 2. The van der Waals surface area contributed by atoms with Gasteiger partial charge in [-0.3, -0.25) is 0 Å². The third-order valence-corrected chi connectivity index (χ3v) is 2.88. The highest BCUT2D eigenvalue weighted by Crippen LogP contribution is 2.31. The predicted molar refractivity (Wildman–Crippen MR) is 70.3 cm³/mol. The van der Waals surface area contributed by atoms with E-state index in [1.54, 1.807) is 0 Å². The molecule has 0 atom stereocenters. The van der Waals surface area contributed by atoms with Crippen molar-refractivity contribution in [2.45, 2.75) is 19.8 Å². The molecule has 2 aromatic rings. The zero-order chi connectivity index (χ0) is 11.7. The molecule has 82 valence electrons. The van der Waals surface area contributed by atoms with E-state index in [1.807, 2.05) is 18.2 Å². The smallest absolute Gasteiger partial charge is 0.0412 e. The molecule has 0 spiro atoms. The topological polar surface area (TPSA) is 49.9 Å². The fraction of sp³-hybridized carbons (Fsp3) is 0.214. The fourth-order valence-corrected chi connectivity index (χ4v) is 2.20. The summed E-state index contributed by atoms with van der Waals surface area (Å²) in [6.07, 6.45) is 1.36. The molecule has 2 aromatic carbocycles. The molecule has 0 unspecified atom stereocenters. The third kappa shape index (κ3) is 1.56. The van der Waals surface area contributed by atoms with Crippen molar-refractivity contribution in [3.8, 4) is 0 Å². The van der Waals surface area contributed by atoms with E-state index in [-0.39, 0.29) is 0 Å². The van der Waals surface area contributed by atoms with Crippen LogP contribution in [0, 0.1) is 5.41 Å². The Morgan fingerprint density at radius 3 is 2.56 bits per heavy atom. The SMILES string of the molecule is CC(C)c1c(C=N)c(N)cc2ccccc12. The van der Waals surface area contributed by atoms with Crippen molar-refractivity contribution < 1.29 is 0 Å². The first kappa shape index (κ1) is 10.7. The number of nitrogens with two attached hydrogens (primary N) is 1.